The number of halogens is 2. The third-order valence-electron chi connectivity index (χ3n) is 5.18. The number of benzene rings is 2. The van der Waals surface area contributed by atoms with E-state index in [0.717, 1.165) is 16.1 Å². The van der Waals surface area contributed by atoms with Crippen molar-refractivity contribution in [1.29, 1.82) is 0 Å². The highest BCUT2D eigenvalue weighted by atomic mass is 35.5. The zero-order valence-corrected chi connectivity index (χ0v) is 21.5. The van der Waals surface area contributed by atoms with Crippen molar-refractivity contribution in [3.05, 3.63) is 63.6 Å². The van der Waals surface area contributed by atoms with Crippen molar-refractivity contribution in [1.82, 2.24) is 10.2 Å². The molecule has 0 aliphatic heterocycles. The fourth-order valence-corrected chi connectivity index (χ4v) is 4.59. The maximum Gasteiger partial charge on any atom is 0.244 e. The van der Waals surface area contributed by atoms with E-state index in [9.17, 15) is 18.0 Å². The first kappa shape index (κ1) is 27.0. The predicted molar refractivity (Wildman–Crippen MR) is 133 cm³/mol. The molecule has 0 aromatic heterocycles. The topological polar surface area (TPSA) is 86.8 Å². The van der Waals surface area contributed by atoms with Crippen LogP contribution >= 0.6 is 23.2 Å². The van der Waals surface area contributed by atoms with Gasteiger partial charge in [-0.05, 0) is 49.6 Å². The minimum Gasteiger partial charge on any atom is -0.355 e. The number of sulfonamides is 1. The van der Waals surface area contributed by atoms with Crippen molar-refractivity contribution in [2.45, 2.75) is 39.8 Å². The summed E-state index contributed by atoms with van der Waals surface area (Å²) in [4.78, 5) is 27.4. The van der Waals surface area contributed by atoms with Crippen LogP contribution in [0.15, 0.2) is 42.5 Å². The van der Waals surface area contributed by atoms with Gasteiger partial charge in [0.2, 0.25) is 21.8 Å². The molecule has 0 spiro atoms. The Morgan fingerprint density at radius 3 is 2.30 bits per heavy atom. The van der Waals surface area contributed by atoms with Crippen LogP contribution in [0.2, 0.25) is 10.0 Å². The van der Waals surface area contributed by atoms with Crippen LogP contribution in [0.4, 0.5) is 5.69 Å². The summed E-state index contributed by atoms with van der Waals surface area (Å²) in [6, 6.07) is 11.1. The Kier molecular flexibility index (Phi) is 9.57. The Balaban J connectivity index is 2.44. The Morgan fingerprint density at radius 2 is 1.73 bits per heavy atom. The Labute approximate surface area is 205 Å². The molecular weight excluding hydrogens is 485 g/mol. The van der Waals surface area contributed by atoms with E-state index in [2.05, 4.69) is 5.32 Å². The molecule has 0 heterocycles. The van der Waals surface area contributed by atoms with Gasteiger partial charge in [0, 0.05) is 13.1 Å². The molecule has 0 aliphatic carbocycles. The highest BCUT2D eigenvalue weighted by Gasteiger charge is 2.30. The molecule has 2 rings (SSSR count). The van der Waals surface area contributed by atoms with Crippen LogP contribution in [0.1, 0.15) is 31.9 Å². The second kappa shape index (κ2) is 11.7. The molecule has 7 nitrogen and oxygen atoms in total. The maximum absolute atomic E-state index is 13.5. The van der Waals surface area contributed by atoms with Gasteiger partial charge in [0.1, 0.15) is 12.6 Å². The highest BCUT2D eigenvalue weighted by molar-refractivity contribution is 7.92. The fourth-order valence-electron chi connectivity index (χ4n) is 3.39. The number of carbonyl (C=O) groups is 2. The van der Waals surface area contributed by atoms with E-state index in [0.29, 0.717) is 34.3 Å². The van der Waals surface area contributed by atoms with Gasteiger partial charge >= 0.3 is 0 Å². The summed E-state index contributed by atoms with van der Waals surface area (Å²) < 4.78 is 26.4. The lowest BCUT2D eigenvalue weighted by atomic mass is 10.1. The summed E-state index contributed by atoms with van der Waals surface area (Å²) in [5.74, 6) is -0.859. The SMILES string of the molecule is CCNC(=O)[C@H](C)N(Cc1ccc(Cl)c(Cl)c1)C(=O)CN(c1ccccc1CC)S(C)(=O)=O. The molecule has 1 N–H and O–H groups in total. The first-order chi connectivity index (χ1) is 15.5. The quantitative estimate of drug-likeness (QED) is 0.522. The molecule has 2 amide bonds. The monoisotopic (exact) mass is 513 g/mol. The second-order valence-corrected chi connectivity index (χ2v) is 10.3. The van der Waals surface area contributed by atoms with Crippen molar-refractivity contribution in [2.24, 2.45) is 0 Å². The van der Waals surface area contributed by atoms with E-state index in [1.165, 1.54) is 4.90 Å². The highest BCUT2D eigenvalue weighted by Crippen LogP contribution is 2.26. The zero-order valence-electron chi connectivity index (χ0n) is 19.1. The van der Waals surface area contributed by atoms with Crippen LogP contribution in [0, 0.1) is 0 Å². The van der Waals surface area contributed by atoms with Gasteiger partial charge in [0.05, 0.1) is 22.0 Å². The molecule has 180 valence electrons. The van der Waals surface area contributed by atoms with Crippen molar-refractivity contribution in [3.63, 3.8) is 0 Å². The van der Waals surface area contributed by atoms with Crippen LogP contribution in [0.5, 0.6) is 0 Å². The molecule has 33 heavy (non-hydrogen) atoms. The summed E-state index contributed by atoms with van der Waals surface area (Å²) in [5.41, 5.74) is 1.90. The number of hydrogen-bond donors (Lipinski definition) is 1. The Morgan fingerprint density at radius 1 is 1.06 bits per heavy atom. The molecule has 0 unspecified atom stereocenters. The molecule has 0 fully saturated rings. The number of nitrogens with one attached hydrogen (secondary N) is 1. The number of anilines is 1. The van der Waals surface area contributed by atoms with Gasteiger partial charge in [0.25, 0.3) is 0 Å². The number of carbonyl (C=O) groups excluding carboxylic acids is 2. The number of amides is 2. The van der Waals surface area contributed by atoms with E-state index in [-0.39, 0.29) is 12.5 Å². The number of hydrogen-bond acceptors (Lipinski definition) is 4. The molecule has 0 radical (unpaired) electrons. The summed E-state index contributed by atoms with van der Waals surface area (Å²) >= 11 is 12.1. The average molecular weight is 514 g/mol. The van der Waals surface area contributed by atoms with E-state index < -0.39 is 28.5 Å². The number of rotatable bonds is 10. The predicted octanol–water partition coefficient (Wildman–Crippen LogP) is 3.88. The minimum atomic E-state index is -3.77. The van der Waals surface area contributed by atoms with Crippen LogP contribution in [-0.4, -0.2) is 50.5 Å². The number of likely N-dealkylation sites (N-methyl/N-ethyl adjacent to an activating group) is 1. The van der Waals surface area contributed by atoms with E-state index in [1.54, 1.807) is 44.2 Å². The molecule has 0 saturated carbocycles. The summed E-state index contributed by atoms with van der Waals surface area (Å²) in [6.45, 7) is 5.31. The van der Waals surface area contributed by atoms with Crippen molar-refractivity contribution in [3.8, 4) is 0 Å². The van der Waals surface area contributed by atoms with Crippen LogP contribution in [0.25, 0.3) is 0 Å². The van der Waals surface area contributed by atoms with Crippen molar-refractivity contribution >= 4 is 50.7 Å². The third-order valence-corrected chi connectivity index (χ3v) is 7.04. The van der Waals surface area contributed by atoms with Gasteiger partial charge in [-0.1, -0.05) is 54.4 Å². The normalized spacial score (nSPS) is 12.2. The van der Waals surface area contributed by atoms with E-state index in [4.69, 9.17) is 23.2 Å². The first-order valence-corrected chi connectivity index (χ1v) is 13.2. The third kappa shape index (κ3) is 7.09. The van der Waals surface area contributed by atoms with Crippen LogP contribution < -0.4 is 9.62 Å². The largest absolute Gasteiger partial charge is 0.355 e. The molecule has 0 saturated heterocycles. The minimum absolute atomic E-state index is 0.0566. The van der Waals surface area contributed by atoms with Gasteiger partial charge in [-0.25, -0.2) is 8.42 Å². The molecular formula is C23H29Cl2N3O4S. The number of para-hydroxylation sites is 1. The van der Waals surface area contributed by atoms with Gasteiger partial charge in [-0.3, -0.25) is 13.9 Å². The van der Waals surface area contributed by atoms with Gasteiger partial charge in [-0.15, -0.1) is 0 Å². The lowest BCUT2D eigenvalue weighted by molar-refractivity contribution is -0.139. The molecule has 2 aromatic rings. The molecule has 0 bridgehead atoms. The van der Waals surface area contributed by atoms with Crippen LogP contribution in [0.3, 0.4) is 0 Å². The molecule has 2 aromatic carbocycles. The summed E-state index contributed by atoms with van der Waals surface area (Å²) in [6.07, 6.45) is 1.65. The summed E-state index contributed by atoms with van der Waals surface area (Å²) in [5, 5.41) is 3.40. The second-order valence-electron chi connectivity index (χ2n) is 7.59. The zero-order chi connectivity index (χ0) is 24.8. The number of aryl methyl sites for hydroxylation is 1. The average Bonchev–Trinajstić information content (AvgIpc) is 2.76. The molecule has 1 atom stereocenters. The lowest BCUT2D eigenvalue weighted by Gasteiger charge is -2.32. The van der Waals surface area contributed by atoms with E-state index in [1.807, 2.05) is 19.1 Å². The van der Waals surface area contributed by atoms with E-state index >= 15 is 0 Å². The Bertz CT molecular complexity index is 1110. The van der Waals surface area contributed by atoms with Gasteiger partial charge in [-0.2, -0.15) is 0 Å². The van der Waals surface area contributed by atoms with Gasteiger partial charge in [0.15, 0.2) is 0 Å². The summed E-state index contributed by atoms with van der Waals surface area (Å²) in [7, 11) is -3.77. The smallest absolute Gasteiger partial charge is 0.244 e. The molecule has 10 heteroatoms. The number of nitrogens with zero attached hydrogens (tertiary/aromatic N) is 2. The van der Waals surface area contributed by atoms with Crippen molar-refractivity contribution in [2.75, 3.05) is 23.7 Å². The standard InChI is InChI=1S/C23H29Cl2N3O4S/c1-5-18-9-7-8-10-21(18)28(33(4,31)32)15-22(29)27(16(3)23(30)26-6-2)14-17-11-12-19(24)20(25)13-17/h7-13,16H,5-6,14-15H2,1-4H3,(H,26,30)/t16-/m0/s1. The van der Waals surface area contributed by atoms with Crippen molar-refractivity contribution < 1.29 is 18.0 Å². The molecule has 0 aliphatic rings. The van der Waals surface area contributed by atoms with Gasteiger partial charge < -0.3 is 10.2 Å². The van der Waals surface area contributed by atoms with Crippen LogP contribution in [-0.2, 0) is 32.6 Å². The lowest BCUT2D eigenvalue weighted by Crippen LogP contribution is -2.51. The Hall–Kier alpha value is -2.29. The fraction of sp³-hybridized carbons (Fsp3) is 0.391. The first-order valence-electron chi connectivity index (χ1n) is 10.6. The maximum atomic E-state index is 13.5.